The highest BCUT2D eigenvalue weighted by Crippen LogP contribution is 2.19. The van der Waals surface area contributed by atoms with Gasteiger partial charge < -0.3 is 14.2 Å². The number of rotatable bonds is 6. The molecule has 86 valence electrons. The van der Waals surface area contributed by atoms with E-state index in [1.807, 2.05) is 18.2 Å². The maximum absolute atomic E-state index is 5.37. The van der Waals surface area contributed by atoms with Crippen LogP contribution in [0.1, 0.15) is 30.7 Å². The van der Waals surface area contributed by atoms with Gasteiger partial charge in [0.15, 0.2) is 0 Å². The molecule has 0 spiro atoms. The fourth-order valence-electron chi connectivity index (χ4n) is 1.73. The molecule has 0 bridgehead atoms. The molecular weight excluding hydrogens is 202 g/mol. The highest BCUT2D eigenvalue weighted by Gasteiger charge is 2.13. The summed E-state index contributed by atoms with van der Waals surface area (Å²) in [6, 6.07) is 6.18. The lowest BCUT2D eigenvalue weighted by Gasteiger charge is -2.15. The minimum Gasteiger partial charge on any atom is -0.472 e. The Morgan fingerprint density at radius 1 is 1.31 bits per heavy atom. The van der Waals surface area contributed by atoms with Crippen LogP contribution in [0.2, 0.25) is 0 Å². The molecule has 0 fully saturated rings. The van der Waals surface area contributed by atoms with Gasteiger partial charge >= 0.3 is 0 Å². The third kappa shape index (κ3) is 2.76. The molecule has 0 aromatic carbocycles. The van der Waals surface area contributed by atoms with Crippen molar-refractivity contribution in [3.63, 3.8) is 0 Å². The van der Waals surface area contributed by atoms with Crippen molar-refractivity contribution in [2.24, 2.45) is 0 Å². The summed E-state index contributed by atoms with van der Waals surface area (Å²) in [7, 11) is 0. The van der Waals surface area contributed by atoms with E-state index in [2.05, 4.69) is 12.2 Å². The summed E-state index contributed by atoms with van der Waals surface area (Å²) in [6.07, 6.45) is 7.18. The smallest absolute Gasteiger partial charge is 0.105 e. The molecule has 1 unspecified atom stereocenters. The Bertz CT molecular complexity index is 378. The Hall–Kier alpha value is -1.48. The van der Waals surface area contributed by atoms with Crippen molar-refractivity contribution in [1.82, 2.24) is 5.32 Å². The van der Waals surface area contributed by atoms with E-state index in [4.69, 9.17) is 8.83 Å². The molecule has 0 amide bonds. The number of nitrogens with one attached hydrogen (secondary N) is 1. The highest BCUT2D eigenvalue weighted by atomic mass is 16.3. The molecule has 0 saturated carbocycles. The standard InChI is InChI=1S/C13H17NO2/c1-2-6-14-13(11-5-8-15-10-11)9-12-4-3-7-16-12/h3-5,7-8,10,13-14H,2,6,9H2,1H3. The molecule has 3 heteroatoms. The molecule has 2 aromatic heterocycles. The van der Waals surface area contributed by atoms with Crippen LogP contribution in [0, 0.1) is 0 Å². The van der Waals surface area contributed by atoms with Crippen molar-refractivity contribution in [2.45, 2.75) is 25.8 Å². The van der Waals surface area contributed by atoms with Crippen molar-refractivity contribution in [3.05, 3.63) is 48.3 Å². The summed E-state index contributed by atoms with van der Waals surface area (Å²) in [6.45, 7) is 3.16. The van der Waals surface area contributed by atoms with Gasteiger partial charge in [-0.25, -0.2) is 0 Å². The Labute approximate surface area is 95.5 Å². The lowest BCUT2D eigenvalue weighted by molar-refractivity contribution is 0.445. The SMILES string of the molecule is CCCNC(Cc1ccco1)c1ccoc1. The average Bonchev–Trinajstić information content (AvgIpc) is 2.96. The monoisotopic (exact) mass is 219 g/mol. The number of furan rings is 2. The van der Waals surface area contributed by atoms with E-state index in [1.165, 1.54) is 5.56 Å². The highest BCUT2D eigenvalue weighted by molar-refractivity contribution is 5.14. The Morgan fingerprint density at radius 3 is 2.88 bits per heavy atom. The predicted octanol–water partition coefficient (Wildman–Crippen LogP) is 3.16. The minimum atomic E-state index is 0.268. The van der Waals surface area contributed by atoms with Crippen molar-refractivity contribution in [3.8, 4) is 0 Å². The Kier molecular flexibility index (Phi) is 3.83. The topological polar surface area (TPSA) is 38.3 Å². The zero-order valence-electron chi connectivity index (χ0n) is 9.48. The van der Waals surface area contributed by atoms with Gasteiger partial charge in [-0.2, -0.15) is 0 Å². The van der Waals surface area contributed by atoms with Crippen LogP contribution in [-0.4, -0.2) is 6.54 Å². The van der Waals surface area contributed by atoms with E-state index in [1.54, 1.807) is 18.8 Å². The van der Waals surface area contributed by atoms with Crippen LogP contribution in [0.4, 0.5) is 0 Å². The van der Waals surface area contributed by atoms with Crippen LogP contribution in [0.5, 0.6) is 0 Å². The van der Waals surface area contributed by atoms with E-state index in [0.717, 1.165) is 25.1 Å². The maximum Gasteiger partial charge on any atom is 0.105 e. The van der Waals surface area contributed by atoms with E-state index in [9.17, 15) is 0 Å². The lowest BCUT2D eigenvalue weighted by atomic mass is 10.1. The summed E-state index contributed by atoms with van der Waals surface area (Å²) in [5.74, 6) is 0.995. The first-order chi connectivity index (χ1) is 7.90. The largest absolute Gasteiger partial charge is 0.472 e. The summed E-state index contributed by atoms with van der Waals surface area (Å²) >= 11 is 0. The average molecular weight is 219 g/mol. The summed E-state index contributed by atoms with van der Waals surface area (Å²) < 4.78 is 10.5. The lowest BCUT2D eigenvalue weighted by Crippen LogP contribution is -2.23. The van der Waals surface area contributed by atoms with Crippen LogP contribution < -0.4 is 5.32 Å². The maximum atomic E-state index is 5.37. The summed E-state index contributed by atoms with van der Waals surface area (Å²) in [5.41, 5.74) is 1.17. The zero-order valence-corrected chi connectivity index (χ0v) is 9.48. The number of hydrogen-bond acceptors (Lipinski definition) is 3. The third-order valence-electron chi connectivity index (χ3n) is 2.57. The minimum absolute atomic E-state index is 0.268. The van der Waals surface area contributed by atoms with Gasteiger partial charge in [0, 0.05) is 18.0 Å². The normalized spacial score (nSPS) is 12.8. The van der Waals surface area contributed by atoms with Crippen LogP contribution in [0.15, 0.2) is 45.8 Å². The fraction of sp³-hybridized carbons (Fsp3) is 0.385. The molecule has 0 radical (unpaired) electrons. The van der Waals surface area contributed by atoms with Gasteiger partial charge in [0.05, 0.1) is 18.8 Å². The van der Waals surface area contributed by atoms with Crippen molar-refractivity contribution < 1.29 is 8.83 Å². The molecule has 16 heavy (non-hydrogen) atoms. The summed E-state index contributed by atoms with van der Waals surface area (Å²) in [4.78, 5) is 0. The zero-order chi connectivity index (χ0) is 11.2. The van der Waals surface area contributed by atoms with Gasteiger partial charge in [0.1, 0.15) is 5.76 Å². The van der Waals surface area contributed by atoms with Gasteiger partial charge in [-0.15, -0.1) is 0 Å². The molecule has 1 N–H and O–H groups in total. The van der Waals surface area contributed by atoms with Gasteiger partial charge in [-0.1, -0.05) is 6.92 Å². The Morgan fingerprint density at radius 2 is 2.25 bits per heavy atom. The second kappa shape index (κ2) is 5.56. The molecule has 0 aliphatic rings. The van der Waals surface area contributed by atoms with Crippen LogP contribution in [0.25, 0.3) is 0 Å². The molecule has 1 atom stereocenters. The Balaban J connectivity index is 2.03. The van der Waals surface area contributed by atoms with Crippen molar-refractivity contribution >= 4 is 0 Å². The molecule has 0 aliphatic heterocycles. The van der Waals surface area contributed by atoms with Gasteiger partial charge in [0.2, 0.25) is 0 Å². The van der Waals surface area contributed by atoms with E-state index in [-0.39, 0.29) is 6.04 Å². The second-order valence-electron chi connectivity index (χ2n) is 3.85. The third-order valence-corrected chi connectivity index (χ3v) is 2.57. The first-order valence-corrected chi connectivity index (χ1v) is 5.68. The van der Waals surface area contributed by atoms with Gasteiger partial charge in [0.25, 0.3) is 0 Å². The number of hydrogen-bond donors (Lipinski definition) is 1. The van der Waals surface area contributed by atoms with Crippen LogP contribution in [-0.2, 0) is 6.42 Å². The van der Waals surface area contributed by atoms with E-state index >= 15 is 0 Å². The van der Waals surface area contributed by atoms with E-state index in [0.29, 0.717) is 0 Å². The molecule has 3 nitrogen and oxygen atoms in total. The van der Waals surface area contributed by atoms with Crippen molar-refractivity contribution in [2.75, 3.05) is 6.54 Å². The molecule has 2 rings (SSSR count). The van der Waals surface area contributed by atoms with Gasteiger partial charge in [-0.05, 0) is 31.2 Å². The quantitative estimate of drug-likeness (QED) is 0.811. The first-order valence-electron chi connectivity index (χ1n) is 5.68. The van der Waals surface area contributed by atoms with Gasteiger partial charge in [-0.3, -0.25) is 0 Å². The molecule has 2 heterocycles. The van der Waals surface area contributed by atoms with Crippen LogP contribution in [0.3, 0.4) is 0 Å². The molecule has 0 saturated heterocycles. The molecular formula is C13H17NO2. The predicted molar refractivity (Wildman–Crippen MR) is 62.2 cm³/mol. The molecule has 0 aliphatic carbocycles. The molecule has 2 aromatic rings. The van der Waals surface area contributed by atoms with Crippen LogP contribution >= 0.6 is 0 Å². The first kappa shape index (κ1) is 11.0. The summed E-state index contributed by atoms with van der Waals surface area (Å²) in [5, 5.41) is 3.49. The van der Waals surface area contributed by atoms with Crippen molar-refractivity contribution in [1.29, 1.82) is 0 Å². The van der Waals surface area contributed by atoms with E-state index < -0.39 is 0 Å². The fourth-order valence-corrected chi connectivity index (χ4v) is 1.73. The second-order valence-corrected chi connectivity index (χ2v) is 3.85.